The summed E-state index contributed by atoms with van der Waals surface area (Å²) in [5, 5.41) is 12.1. The number of nitrogens with zero attached hydrogens (tertiary/aromatic N) is 4. The monoisotopic (exact) mass is 510 g/mol. The number of aryl methyl sites for hydroxylation is 1. The number of aliphatic hydroxyl groups is 1. The molecule has 5 aromatic rings. The average molecular weight is 511 g/mol. The van der Waals surface area contributed by atoms with E-state index in [2.05, 4.69) is 15.0 Å². The van der Waals surface area contributed by atoms with Gasteiger partial charge in [-0.15, -0.1) is 11.3 Å². The number of rotatable bonds is 5. The van der Waals surface area contributed by atoms with E-state index >= 15 is 0 Å². The van der Waals surface area contributed by atoms with Crippen LogP contribution in [0.3, 0.4) is 0 Å². The van der Waals surface area contributed by atoms with Gasteiger partial charge in [0, 0.05) is 18.0 Å². The van der Waals surface area contributed by atoms with Crippen molar-refractivity contribution in [2.75, 3.05) is 4.90 Å². The molecule has 1 amide bonds. The minimum absolute atomic E-state index is 0.00128. The Morgan fingerprint density at radius 3 is 2.50 bits per heavy atom. The molecule has 1 atom stereocenters. The summed E-state index contributed by atoms with van der Waals surface area (Å²) < 4.78 is 0.898. The van der Waals surface area contributed by atoms with Crippen LogP contribution in [0.4, 0.5) is 5.13 Å². The van der Waals surface area contributed by atoms with Crippen LogP contribution in [0.25, 0.3) is 20.8 Å². The van der Waals surface area contributed by atoms with Gasteiger partial charge in [-0.1, -0.05) is 59.9 Å². The molecule has 3 aromatic heterocycles. The number of carbonyl (C=O) groups excluding carboxylic acids is 2. The predicted octanol–water partition coefficient (Wildman–Crippen LogP) is 5.91. The molecule has 0 saturated heterocycles. The van der Waals surface area contributed by atoms with Crippen molar-refractivity contribution in [1.29, 1.82) is 0 Å². The smallest absolute Gasteiger partial charge is 0.296 e. The van der Waals surface area contributed by atoms with Crippen LogP contribution in [0.15, 0.2) is 90.5 Å². The number of para-hydroxylation sites is 1. The number of pyridine rings is 1. The summed E-state index contributed by atoms with van der Waals surface area (Å²) in [5.74, 6) is -1.69. The first-order chi connectivity index (χ1) is 17.5. The second kappa shape index (κ2) is 8.78. The fourth-order valence-electron chi connectivity index (χ4n) is 4.28. The molecule has 0 saturated carbocycles. The van der Waals surface area contributed by atoms with Crippen LogP contribution in [-0.2, 0) is 4.79 Å². The second-order valence-corrected chi connectivity index (χ2v) is 10.2. The van der Waals surface area contributed by atoms with Gasteiger partial charge in [-0.2, -0.15) is 0 Å². The fourth-order valence-corrected chi connectivity index (χ4v) is 6.30. The highest BCUT2D eigenvalue weighted by Crippen LogP contribution is 2.45. The van der Waals surface area contributed by atoms with E-state index in [4.69, 9.17) is 0 Å². The Hall–Kier alpha value is -4.21. The number of benzene rings is 2. The predicted molar refractivity (Wildman–Crippen MR) is 140 cm³/mol. The van der Waals surface area contributed by atoms with Gasteiger partial charge in [0.2, 0.25) is 5.78 Å². The highest BCUT2D eigenvalue weighted by Gasteiger charge is 2.46. The molecule has 9 heteroatoms. The SMILES string of the molecule is Cc1nc(-c2ccccc2)sc1C(=O)C1=C(O)C(=O)N(c2nc3ccccc3s2)C1c1cccnc1. The van der Waals surface area contributed by atoms with E-state index in [0.717, 1.165) is 15.8 Å². The lowest BCUT2D eigenvalue weighted by Gasteiger charge is -2.24. The van der Waals surface area contributed by atoms with Crippen LogP contribution >= 0.6 is 22.7 Å². The van der Waals surface area contributed by atoms with Gasteiger partial charge < -0.3 is 5.11 Å². The second-order valence-electron chi connectivity index (χ2n) is 8.22. The molecular formula is C27H18N4O3S2. The van der Waals surface area contributed by atoms with E-state index < -0.39 is 23.5 Å². The maximum absolute atomic E-state index is 13.9. The van der Waals surface area contributed by atoms with Gasteiger partial charge >= 0.3 is 0 Å². The summed E-state index contributed by atoms with van der Waals surface area (Å²) in [4.78, 5) is 42.5. The zero-order chi connectivity index (χ0) is 24.8. The molecule has 6 rings (SSSR count). The minimum Gasteiger partial charge on any atom is -0.503 e. The summed E-state index contributed by atoms with van der Waals surface area (Å²) in [6.45, 7) is 1.76. The highest BCUT2D eigenvalue weighted by atomic mass is 32.1. The van der Waals surface area contributed by atoms with Crippen molar-refractivity contribution in [1.82, 2.24) is 15.0 Å². The Balaban J connectivity index is 1.48. The maximum Gasteiger partial charge on any atom is 0.296 e. The van der Waals surface area contributed by atoms with Gasteiger partial charge in [0.05, 0.1) is 32.4 Å². The number of aliphatic hydroxyl groups excluding tert-OH is 1. The third kappa shape index (κ3) is 3.60. The third-order valence-electron chi connectivity index (χ3n) is 5.97. The molecule has 1 aliphatic rings. The summed E-state index contributed by atoms with van der Waals surface area (Å²) >= 11 is 2.57. The number of anilines is 1. The Labute approximate surface area is 214 Å². The topological polar surface area (TPSA) is 96.3 Å². The normalized spacial score (nSPS) is 15.8. The quantitative estimate of drug-likeness (QED) is 0.296. The number of ketones is 1. The number of carbonyl (C=O) groups is 2. The van der Waals surface area contributed by atoms with E-state index in [0.29, 0.717) is 26.3 Å². The number of fused-ring (bicyclic) bond motifs is 1. The van der Waals surface area contributed by atoms with Crippen LogP contribution in [0.1, 0.15) is 27.0 Å². The van der Waals surface area contributed by atoms with E-state index in [1.54, 1.807) is 31.5 Å². The molecule has 0 bridgehead atoms. The molecule has 0 fully saturated rings. The Kier molecular flexibility index (Phi) is 5.43. The van der Waals surface area contributed by atoms with Gasteiger partial charge in [0.25, 0.3) is 5.91 Å². The maximum atomic E-state index is 13.9. The van der Waals surface area contributed by atoms with Gasteiger partial charge in [0.1, 0.15) is 5.01 Å². The van der Waals surface area contributed by atoms with Crippen molar-refractivity contribution in [2.45, 2.75) is 13.0 Å². The Bertz CT molecular complexity index is 1630. The highest BCUT2D eigenvalue weighted by molar-refractivity contribution is 7.22. The van der Waals surface area contributed by atoms with Gasteiger partial charge in [-0.05, 0) is 30.7 Å². The fraction of sp³-hybridized carbons (Fsp3) is 0.0741. The first kappa shape index (κ1) is 22.3. The number of thiazole rings is 2. The van der Waals surface area contributed by atoms with Gasteiger partial charge in [-0.25, -0.2) is 9.97 Å². The van der Waals surface area contributed by atoms with Crippen LogP contribution < -0.4 is 4.90 Å². The van der Waals surface area contributed by atoms with Crippen molar-refractivity contribution in [2.24, 2.45) is 0 Å². The first-order valence-corrected chi connectivity index (χ1v) is 12.8. The Morgan fingerprint density at radius 2 is 1.75 bits per heavy atom. The number of Topliss-reactive ketones (excluding diaryl/α,β-unsaturated/α-hetero) is 1. The van der Waals surface area contributed by atoms with Gasteiger partial charge in [0.15, 0.2) is 10.9 Å². The molecule has 0 aliphatic carbocycles. The summed E-state index contributed by atoms with van der Waals surface area (Å²) in [6, 6.07) is 19.8. The zero-order valence-corrected chi connectivity index (χ0v) is 20.6. The lowest BCUT2D eigenvalue weighted by Crippen LogP contribution is -2.31. The lowest BCUT2D eigenvalue weighted by atomic mass is 9.96. The third-order valence-corrected chi connectivity index (χ3v) is 8.21. The van der Waals surface area contributed by atoms with Crippen LogP contribution in [0.2, 0.25) is 0 Å². The standard InChI is InChI=1S/C27H18N4O3S2/c1-15-24(36-25(29-15)16-8-3-2-4-9-16)22(32)20-21(17-10-7-13-28-14-17)31(26(34)23(20)33)27-30-18-11-5-6-12-19(18)35-27/h2-14,21,33H,1H3. The molecule has 4 heterocycles. The van der Waals surface area contributed by atoms with E-state index in [1.807, 2.05) is 54.6 Å². The molecule has 1 N–H and O–H groups in total. The number of aromatic nitrogens is 3. The van der Waals surface area contributed by atoms with E-state index in [9.17, 15) is 14.7 Å². The average Bonchev–Trinajstić information content (AvgIpc) is 3.58. The number of hydrogen-bond donors (Lipinski definition) is 1. The molecule has 2 aromatic carbocycles. The molecule has 0 radical (unpaired) electrons. The lowest BCUT2D eigenvalue weighted by molar-refractivity contribution is -0.117. The Morgan fingerprint density at radius 1 is 0.972 bits per heavy atom. The van der Waals surface area contributed by atoms with Crippen molar-refractivity contribution >= 4 is 49.7 Å². The molecule has 176 valence electrons. The molecule has 1 aliphatic heterocycles. The van der Waals surface area contributed by atoms with Crippen molar-refractivity contribution < 1.29 is 14.7 Å². The van der Waals surface area contributed by atoms with Crippen molar-refractivity contribution in [3.8, 4) is 10.6 Å². The van der Waals surface area contributed by atoms with Gasteiger partial charge in [-0.3, -0.25) is 19.5 Å². The summed E-state index contributed by atoms with van der Waals surface area (Å²) in [7, 11) is 0. The van der Waals surface area contributed by atoms with Crippen LogP contribution in [0, 0.1) is 6.92 Å². The van der Waals surface area contributed by atoms with Crippen LogP contribution in [0.5, 0.6) is 0 Å². The van der Waals surface area contributed by atoms with Crippen molar-refractivity contribution in [3.63, 3.8) is 0 Å². The summed E-state index contributed by atoms with van der Waals surface area (Å²) in [5.41, 5.74) is 2.77. The summed E-state index contributed by atoms with van der Waals surface area (Å²) in [6.07, 6.45) is 3.21. The van der Waals surface area contributed by atoms with E-state index in [1.165, 1.54) is 27.6 Å². The zero-order valence-electron chi connectivity index (χ0n) is 19.0. The van der Waals surface area contributed by atoms with Crippen LogP contribution in [-0.4, -0.2) is 31.7 Å². The molecule has 1 unspecified atom stereocenters. The van der Waals surface area contributed by atoms with E-state index in [-0.39, 0.29) is 5.57 Å². The number of hydrogen-bond acceptors (Lipinski definition) is 8. The molecule has 7 nitrogen and oxygen atoms in total. The van der Waals surface area contributed by atoms with Crippen molar-refractivity contribution in [3.05, 3.63) is 107 Å². The molecule has 36 heavy (non-hydrogen) atoms. The molecule has 0 spiro atoms. The molecular weight excluding hydrogens is 492 g/mol. The largest absolute Gasteiger partial charge is 0.503 e. The first-order valence-electron chi connectivity index (χ1n) is 11.1. The number of amides is 1. The minimum atomic E-state index is -0.874.